The normalized spacial score (nSPS) is 17.5. The summed E-state index contributed by atoms with van der Waals surface area (Å²) in [6.45, 7) is 1.77. The Morgan fingerprint density at radius 3 is 2.86 bits per heavy atom. The number of hydrogen-bond donors (Lipinski definition) is 3. The molecule has 4 heterocycles. The monoisotopic (exact) mass is 396 g/mol. The van der Waals surface area contributed by atoms with Gasteiger partial charge in [0.25, 0.3) is 5.91 Å². The number of piperidine rings is 1. The van der Waals surface area contributed by atoms with Crippen LogP contribution in [0.15, 0.2) is 23.6 Å². The fourth-order valence-corrected chi connectivity index (χ4v) is 4.90. The highest BCUT2D eigenvalue weighted by atomic mass is 32.1. The van der Waals surface area contributed by atoms with Gasteiger partial charge in [0.15, 0.2) is 11.5 Å². The van der Waals surface area contributed by atoms with Crippen molar-refractivity contribution in [1.82, 2.24) is 25.7 Å². The second kappa shape index (κ2) is 7.43. The van der Waals surface area contributed by atoms with E-state index in [1.165, 1.54) is 11.3 Å². The predicted molar refractivity (Wildman–Crippen MR) is 110 cm³/mol. The average molecular weight is 397 g/mol. The number of aromatic nitrogens is 4. The molecule has 0 bridgehead atoms. The molecule has 7 nitrogen and oxygen atoms in total. The van der Waals surface area contributed by atoms with Crippen LogP contribution in [0.1, 0.15) is 47.4 Å². The Kier molecular flexibility index (Phi) is 4.64. The third-order valence-corrected chi connectivity index (χ3v) is 6.68. The van der Waals surface area contributed by atoms with Crippen LogP contribution in [-0.4, -0.2) is 45.4 Å². The number of carbonyl (C=O) groups excluding carboxylic acids is 1. The number of nitrogens with zero attached hydrogens (tertiary/aromatic N) is 3. The minimum atomic E-state index is -0.0300. The van der Waals surface area contributed by atoms with Gasteiger partial charge in [-0.05, 0) is 50.0 Å². The van der Waals surface area contributed by atoms with E-state index in [1.54, 1.807) is 11.3 Å². The van der Waals surface area contributed by atoms with Crippen molar-refractivity contribution in [2.24, 2.45) is 0 Å². The van der Waals surface area contributed by atoms with Crippen LogP contribution in [0, 0.1) is 0 Å². The van der Waals surface area contributed by atoms with Crippen molar-refractivity contribution in [2.45, 2.75) is 44.6 Å². The smallest absolute Gasteiger partial charge is 0.272 e. The Balaban J connectivity index is 1.18. The third kappa shape index (κ3) is 3.32. The molecule has 1 aliphatic heterocycles. The maximum Gasteiger partial charge on any atom is 0.272 e. The van der Waals surface area contributed by atoms with Gasteiger partial charge in [0.05, 0.1) is 10.6 Å². The molecule has 5 rings (SSSR count). The predicted octanol–water partition coefficient (Wildman–Crippen LogP) is 3.14. The first-order valence-electron chi connectivity index (χ1n) is 9.99. The molecule has 3 aromatic heterocycles. The molecular formula is C20H24N6OS. The van der Waals surface area contributed by atoms with Gasteiger partial charge in [-0.1, -0.05) is 6.07 Å². The van der Waals surface area contributed by atoms with Gasteiger partial charge in [0, 0.05) is 36.5 Å². The highest BCUT2D eigenvalue weighted by Gasteiger charge is 2.26. The summed E-state index contributed by atoms with van der Waals surface area (Å²) in [4.78, 5) is 16.2. The number of carbonyl (C=O) groups is 1. The van der Waals surface area contributed by atoms with Crippen LogP contribution < -0.4 is 10.2 Å². The van der Waals surface area contributed by atoms with Crippen molar-refractivity contribution in [2.75, 3.05) is 18.0 Å². The van der Waals surface area contributed by atoms with Crippen molar-refractivity contribution >= 4 is 23.1 Å². The quantitative estimate of drug-likeness (QED) is 0.632. The molecule has 146 valence electrons. The SMILES string of the molecule is O=C(NC1CCN(c2cc(-c3cccs3)[nH]n2)CC1)c1n[nH]c2c1CCCC2. The van der Waals surface area contributed by atoms with Crippen LogP contribution in [0.5, 0.6) is 0 Å². The van der Waals surface area contributed by atoms with Gasteiger partial charge in [-0.3, -0.25) is 15.0 Å². The number of nitrogens with one attached hydrogen (secondary N) is 3. The summed E-state index contributed by atoms with van der Waals surface area (Å²) in [7, 11) is 0. The molecular weight excluding hydrogens is 372 g/mol. The first-order valence-corrected chi connectivity index (χ1v) is 10.9. The number of aromatic amines is 2. The summed E-state index contributed by atoms with van der Waals surface area (Å²) < 4.78 is 0. The summed E-state index contributed by atoms with van der Waals surface area (Å²) in [5.41, 5.74) is 3.93. The van der Waals surface area contributed by atoms with Crippen molar-refractivity contribution in [3.8, 4) is 10.6 Å². The first kappa shape index (κ1) is 17.5. The molecule has 8 heteroatoms. The molecule has 0 aromatic carbocycles. The van der Waals surface area contributed by atoms with E-state index < -0.39 is 0 Å². The van der Waals surface area contributed by atoms with Crippen molar-refractivity contribution in [1.29, 1.82) is 0 Å². The minimum absolute atomic E-state index is 0.0300. The minimum Gasteiger partial charge on any atom is -0.355 e. The summed E-state index contributed by atoms with van der Waals surface area (Å²) in [5, 5.41) is 20.2. The van der Waals surface area contributed by atoms with Gasteiger partial charge in [-0.15, -0.1) is 11.3 Å². The largest absolute Gasteiger partial charge is 0.355 e. The lowest BCUT2D eigenvalue weighted by Gasteiger charge is -2.32. The van der Waals surface area contributed by atoms with E-state index in [0.29, 0.717) is 5.69 Å². The number of fused-ring (bicyclic) bond motifs is 1. The maximum absolute atomic E-state index is 12.7. The molecule has 0 unspecified atom stereocenters. The molecule has 1 aliphatic carbocycles. The zero-order chi connectivity index (χ0) is 18.9. The average Bonchev–Trinajstić information content (AvgIpc) is 3.48. The number of anilines is 1. The number of thiophene rings is 1. The molecule has 0 radical (unpaired) electrons. The first-order chi connectivity index (χ1) is 13.8. The summed E-state index contributed by atoms with van der Waals surface area (Å²) in [6, 6.07) is 6.44. The summed E-state index contributed by atoms with van der Waals surface area (Å²) >= 11 is 1.71. The van der Waals surface area contributed by atoms with Gasteiger partial charge in [0.1, 0.15) is 0 Å². The lowest BCUT2D eigenvalue weighted by molar-refractivity contribution is 0.0925. The second-order valence-corrected chi connectivity index (χ2v) is 8.54. The Morgan fingerprint density at radius 2 is 2.04 bits per heavy atom. The van der Waals surface area contributed by atoms with E-state index in [9.17, 15) is 4.79 Å². The van der Waals surface area contributed by atoms with E-state index in [4.69, 9.17) is 0 Å². The second-order valence-electron chi connectivity index (χ2n) is 7.59. The maximum atomic E-state index is 12.7. The molecule has 0 spiro atoms. The Labute approximate surface area is 167 Å². The Hall–Kier alpha value is -2.61. The lowest BCUT2D eigenvalue weighted by atomic mass is 9.95. The lowest BCUT2D eigenvalue weighted by Crippen LogP contribution is -2.45. The van der Waals surface area contributed by atoms with Crippen LogP contribution >= 0.6 is 11.3 Å². The van der Waals surface area contributed by atoms with Crippen molar-refractivity contribution in [3.05, 3.63) is 40.5 Å². The van der Waals surface area contributed by atoms with Crippen LogP contribution in [0.4, 0.5) is 5.82 Å². The van der Waals surface area contributed by atoms with Crippen molar-refractivity contribution in [3.63, 3.8) is 0 Å². The zero-order valence-corrected chi connectivity index (χ0v) is 16.5. The van der Waals surface area contributed by atoms with Crippen LogP contribution in [0.25, 0.3) is 10.6 Å². The Bertz CT molecular complexity index is 951. The molecule has 28 heavy (non-hydrogen) atoms. The zero-order valence-electron chi connectivity index (χ0n) is 15.7. The highest BCUT2D eigenvalue weighted by molar-refractivity contribution is 7.13. The van der Waals surface area contributed by atoms with Crippen LogP contribution in [0.3, 0.4) is 0 Å². The topological polar surface area (TPSA) is 89.7 Å². The van der Waals surface area contributed by atoms with Crippen LogP contribution in [0.2, 0.25) is 0 Å². The van der Waals surface area contributed by atoms with Gasteiger partial charge in [-0.25, -0.2) is 0 Å². The standard InChI is InChI=1S/C20H24N6OS/c27-20(19-14-4-1-2-5-15(14)22-25-19)21-13-7-9-26(10-8-13)18-12-16(23-24-18)17-6-3-11-28-17/h3,6,11-13H,1-2,4-5,7-10H2,(H,21,27)(H,22,25)(H,23,24). The molecule has 3 aromatic rings. The van der Waals surface area contributed by atoms with Gasteiger partial charge >= 0.3 is 0 Å². The van der Waals surface area contributed by atoms with Gasteiger partial charge in [0.2, 0.25) is 0 Å². The number of H-pyrrole nitrogens is 2. The third-order valence-electron chi connectivity index (χ3n) is 5.78. The number of amides is 1. The Morgan fingerprint density at radius 1 is 1.18 bits per heavy atom. The van der Waals surface area contributed by atoms with E-state index in [2.05, 4.69) is 48.1 Å². The molecule has 0 saturated carbocycles. The fourth-order valence-electron chi connectivity index (χ4n) is 4.21. The van der Waals surface area contributed by atoms with E-state index in [-0.39, 0.29) is 11.9 Å². The van der Waals surface area contributed by atoms with E-state index in [1.807, 2.05) is 6.07 Å². The molecule has 1 amide bonds. The van der Waals surface area contributed by atoms with E-state index >= 15 is 0 Å². The highest BCUT2D eigenvalue weighted by Crippen LogP contribution is 2.27. The number of rotatable bonds is 4. The number of aryl methyl sites for hydroxylation is 1. The van der Waals surface area contributed by atoms with Gasteiger partial charge < -0.3 is 10.2 Å². The number of hydrogen-bond acceptors (Lipinski definition) is 5. The molecule has 2 aliphatic rings. The molecule has 1 saturated heterocycles. The fraction of sp³-hybridized carbons (Fsp3) is 0.450. The molecule has 3 N–H and O–H groups in total. The molecule has 1 fully saturated rings. The molecule has 0 atom stereocenters. The summed E-state index contributed by atoms with van der Waals surface area (Å²) in [6.07, 6.45) is 6.11. The summed E-state index contributed by atoms with van der Waals surface area (Å²) in [5.74, 6) is 0.951. The van der Waals surface area contributed by atoms with Crippen LogP contribution in [-0.2, 0) is 12.8 Å². The van der Waals surface area contributed by atoms with Gasteiger partial charge in [-0.2, -0.15) is 10.2 Å². The van der Waals surface area contributed by atoms with Crippen molar-refractivity contribution < 1.29 is 4.79 Å². The van der Waals surface area contributed by atoms with E-state index in [0.717, 1.165) is 68.0 Å².